The molecule has 0 amide bonds. The predicted molar refractivity (Wildman–Crippen MR) is 75.9 cm³/mol. The first kappa shape index (κ1) is 12.1. The molecule has 0 fully saturated rings. The van der Waals surface area contributed by atoms with Gasteiger partial charge in [0.05, 0.1) is 18.9 Å². The summed E-state index contributed by atoms with van der Waals surface area (Å²) in [4.78, 5) is 2.23. The minimum Gasteiger partial charge on any atom is -0.491 e. The number of hydrogen-bond acceptors (Lipinski definition) is 3. The van der Waals surface area contributed by atoms with E-state index in [9.17, 15) is 5.11 Å². The lowest BCUT2D eigenvalue weighted by Gasteiger charge is -2.25. The van der Waals surface area contributed by atoms with E-state index in [0.29, 0.717) is 0 Å². The average molecular weight is 255 g/mol. The van der Waals surface area contributed by atoms with Crippen molar-refractivity contribution in [3.8, 4) is 5.75 Å². The molecule has 1 N–H and O–H groups in total. The molecule has 0 saturated carbocycles. The lowest BCUT2D eigenvalue weighted by Crippen LogP contribution is -2.19. The molecule has 1 heterocycles. The van der Waals surface area contributed by atoms with Crippen LogP contribution >= 0.6 is 0 Å². The highest BCUT2D eigenvalue weighted by atomic mass is 16.5. The number of aliphatic hydroxyl groups excluding tert-OH is 1. The summed E-state index contributed by atoms with van der Waals surface area (Å²) in [6.45, 7) is 1.68. The van der Waals surface area contributed by atoms with Gasteiger partial charge in [0.15, 0.2) is 0 Å². The molecule has 0 unspecified atom stereocenters. The third-order valence-corrected chi connectivity index (χ3v) is 3.39. The Hall–Kier alpha value is -2.00. The van der Waals surface area contributed by atoms with Gasteiger partial charge in [-0.1, -0.05) is 30.3 Å². The molecule has 0 aliphatic carbocycles. The summed E-state index contributed by atoms with van der Waals surface area (Å²) in [5.41, 5.74) is 3.07. The molecule has 0 aromatic heterocycles. The fourth-order valence-corrected chi connectivity index (χ4v) is 2.49. The summed E-state index contributed by atoms with van der Waals surface area (Å²) in [6.07, 6.45) is 0.967. The van der Waals surface area contributed by atoms with Gasteiger partial charge >= 0.3 is 0 Å². The molecule has 0 bridgehead atoms. The first-order chi connectivity index (χ1) is 9.40. The van der Waals surface area contributed by atoms with Gasteiger partial charge in [0.25, 0.3) is 0 Å². The van der Waals surface area contributed by atoms with Crippen LogP contribution in [-0.4, -0.2) is 18.3 Å². The summed E-state index contributed by atoms with van der Waals surface area (Å²) in [5.74, 6) is 0.910. The molecular weight excluding hydrogens is 238 g/mol. The van der Waals surface area contributed by atoms with Crippen molar-refractivity contribution in [2.24, 2.45) is 0 Å². The smallest absolute Gasteiger partial charge is 0.142 e. The van der Waals surface area contributed by atoms with Crippen molar-refractivity contribution in [1.29, 1.82) is 0 Å². The van der Waals surface area contributed by atoms with Crippen LogP contribution in [0.5, 0.6) is 5.75 Å². The quantitative estimate of drug-likeness (QED) is 0.895. The Balaban J connectivity index is 2.09. The van der Waals surface area contributed by atoms with E-state index < -0.39 is 0 Å². The van der Waals surface area contributed by atoms with Crippen molar-refractivity contribution in [3.05, 3.63) is 54.1 Å². The monoisotopic (exact) mass is 255 g/mol. The van der Waals surface area contributed by atoms with Crippen LogP contribution in [0, 0.1) is 0 Å². The normalized spacial score (nSPS) is 14.5. The van der Waals surface area contributed by atoms with Crippen LogP contribution in [-0.2, 0) is 6.61 Å². The first-order valence-electron chi connectivity index (χ1n) is 6.58. The molecule has 2 aromatic rings. The van der Waals surface area contributed by atoms with Crippen LogP contribution in [0.1, 0.15) is 12.0 Å². The van der Waals surface area contributed by atoms with Gasteiger partial charge < -0.3 is 14.7 Å². The standard InChI is InChI=1S/C16H17NO2/c18-12-13-6-1-2-7-14(13)17-10-5-11-19-16-9-4-3-8-15(16)17/h1-4,6-9,18H,5,10-12H2. The highest BCUT2D eigenvalue weighted by Gasteiger charge is 2.19. The Bertz CT molecular complexity index is 568. The summed E-state index contributed by atoms with van der Waals surface area (Å²) >= 11 is 0. The number of benzene rings is 2. The van der Waals surface area contributed by atoms with Crippen molar-refractivity contribution in [3.63, 3.8) is 0 Å². The van der Waals surface area contributed by atoms with Gasteiger partial charge in [-0.3, -0.25) is 0 Å². The zero-order chi connectivity index (χ0) is 13.1. The summed E-state index contributed by atoms with van der Waals surface area (Å²) in [5, 5.41) is 9.51. The van der Waals surface area contributed by atoms with E-state index in [-0.39, 0.29) is 6.61 Å². The van der Waals surface area contributed by atoms with Gasteiger partial charge in [-0.2, -0.15) is 0 Å². The van der Waals surface area contributed by atoms with Crippen molar-refractivity contribution in [1.82, 2.24) is 0 Å². The molecule has 0 atom stereocenters. The van der Waals surface area contributed by atoms with E-state index in [1.165, 1.54) is 0 Å². The number of para-hydroxylation sites is 3. The van der Waals surface area contributed by atoms with Crippen molar-refractivity contribution in [2.75, 3.05) is 18.1 Å². The Kier molecular flexibility index (Phi) is 3.38. The van der Waals surface area contributed by atoms with Crippen LogP contribution in [0.25, 0.3) is 0 Å². The highest BCUT2D eigenvalue weighted by Crippen LogP contribution is 2.37. The fourth-order valence-electron chi connectivity index (χ4n) is 2.49. The van der Waals surface area contributed by atoms with Gasteiger partial charge in [0.1, 0.15) is 5.75 Å². The number of aliphatic hydroxyl groups is 1. The molecule has 98 valence electrons. The second-order valence-corrected chi connectivity index (χ2v) is 4.61. The Morgan fingerprint density at radius 3 is 2.58 bits per heavy atom. The largest absolute Gasteiger partial charge is 0.491 e. The van der Waals surface area contributed by atoms with E-state index in [2.05, 4.69) is 11.0 Å². The number of nitrogens with zero attached hydrogens (tertiary/aromatic N) is 1. The van der Waals surface area contributed by atoms with Crippen LogP contribution in [0.2, 0.25) is 0 Å². The summed E-state index contributed by atoms with van der Waals surface area (Å²) in [6, 6.07) is 16.0. The minimum absolute atomic E-state index is 0.0513. The molecular formula is C16H17NO2. The number of fused-ring (bicyclic) bond motifs is 1. The predicted octanol–water partition coefficient (Wildman–Crippen LogP) is 3.10. The lowest BCUT2D eigenvalue weighted by atomic mass is 10.1. The molecule has 1 aliphatic heterocycles. The second-order valence-electron chi connectivity index (χ2n) is 4.61. The second kappa shape index (κ2) is 5.33. The van der Waals surface area contributed by atoms with Gasteiger partial charge in [-0.05, 0) is 24.6 Å². The minimum atomic E-state index is 0.0513. The number of hydrogen-bond donors (Lipinski definition) is 1. The maximum absolute atomic E-state index is 9.51. The number of ether oxygens (including phenoxy) is 1. The van der Waals surface area contributed by atoms with Crippen LogP contribution < -0.4 is 9.64 Å². The van der Waals surface area contributed by atoms with E-state index in [0.717, 1.165) is 42.3 Å². The Morgan fingerprint density at radius 1 is 1.00 bits per heavy atom. The molecule has 3 nitrogen and oxygen atoms in total. The van der Waals surface area contributed by atoms with E-state index >= 15 is 0 Å². The lowest BCUT2D eigenvalue weighted by molar-refractivity contribution is 0.282. The third-order valence-electron chi connectivity index (χ3n) is 3.39. The van der Waals surface area contributed by atoms with Gasteiger partial charge in [0, 0.05) is 17.8 Å². The van der Waals surface area contributed by atoms with Crippen molar-refractivity contribution >= 4 is 11.4 Å². The Labute approximate surface area is 113 Å². The number of rotatable bonds is 2. The van der Waals surface area contributed by atoms with Crippen LogP contribution in [0.4, 0.5) is 11.4 Å². The molecule has 0 saturated heterocycles. The SMILES string of the molecule is OCc1ccccc1N1CCCOc2ccccc21. The fraction of sp³-hybridized carbons (Fsp3) is 0.250. The molecule has 1 aliphatic rings. The van der Waals surface area contributed by atoms with Gasteiger partial charge in [-0.15, -0.1) is 0 Å². The first-order valence-corrected chi connectivity index (χ1v) is 6.58. The topological polar surface area (TPSA) is 32.7 Å². The molecule has 3 rings (SSSR count). The Morgan fingerprint density at radius 2 is 1.74 bits per heavy atom. The zero-order valence-corrected chi connectivity index (χ0v) is 10.7. The van der Waals surface area contributed by atoms with Crippen molar-refractivity contribution in [2.45, 2.75) is 13.0 Å². The molecule has 19 heavy (non-hydrogen) atoms. The molecule has 0 spiro atoms. The number of anilines is 2. The van der Waals surface area contributed by atoms with Crippen LogP contribution in [0.15, 0.2) is 48.5 Å². The van der Waals surface area contributed by atoms with E-state index in [1.807, 2.05) is 42.5 Å². The van der Waals surface area contributed by atoms with Gasteiger partial charge in [-0.25, -0.2) is 0 Å². The van der Waals surface area contributed by atoms with E-state index in [1.54, 1.807) is 0 Å². The van der Waals surface area contributed by atoms with Crippen molar-refractivity contribution < 1.29 is 9.84 Å². The zero-order valence-electron chi connectivity index (χ0n) is 10.7. The molecule has 2 aromatic carbocycles. The van der Waals surface area contributed by atoms with Gasteiger partial charge in [0.2, 0.25) is 0 Å². The molecule has 3 heteroatoms. The summed E-state index contributed by atoms with van der Waals surface area (Å²) < 4.78 is 5.77. The third kappa shape index (κ3) is 2.29. The maximum atomic E-state index is 9.51. The summed E-state index contributed by atoms with van der Waals surface area (Å²) in [7, 11) is 0. The highest BCUT2D eigenvalue weighted by molar-refractivity contribution is 5.71. The average Bonchev–Trinajstić information content (AvgIpc) is 2.69. The maximum Gasteiger partial charge on any atom is 0.142 e. The molecule has 0 radical (unpaired) electrons. The van der Waals surface area contributed by atoms with E-state index in [4.69, 9.17) is 4.74 Å². The van der Waals surface area contributed by atoms with Crippen LogP contribution in [0.3, 0.4) is 0 Å².